The van der Waals surface area contributed by atoms with Gasteiger partial charge in [-0.3, -0.25) is 19.1 Å². The van der Waals surface area contributed by atoms with E-state index in [1.807, 2.05) is 13.8 Å². The Morgan fingerprint density at radius 1 is 1.32 bits per heavy atom. The van der Waals surface area contributed by atoms with E-state index in [-0.39, 0.29) is 43.2 Å². The third-order valence-corrected chi connectivity index (χ3v) is 6.27. The van der Waals surface area contributed by atoms with E-state index in [0.717, 1.165) is 5.56 Å². The molecule has 4 N–H and O–H groups in total. The summed E-state index contributed by atoms with van der Waals surface area (Å²) in [5.74, 6) is -1.26. The van der Waals surface area contributed by atoms with Gasteiger partial charge in [-0.1, -0.05) is 12.1 Å². The number of carbonyl (C=O) groups excluding carboxylic acids is 1. The molecule has 198 valence electrons. The van der Waals surface area contributed by atoms with Crippen LogP contribution < -0.4 is 20.9 Å². The molecule has 1 amide bonds. The number of pyridine rings is 2. The zero-order chi connectivity index (χ0) is 26.7. The number of benzene rings is 1. The zero-order valence-electron chi connectivity index (χ0n) is 21.0. The molecule has 0 saturated carbocycles. The van der Waals surface area contributed by atoms with Crippen molar-refractivity contribution in [3.8, 4) is 11.5 Å². The molecule has 2 aromatic heterocycles. The minimum absolute atomic E-state index is 0.0662. The van der Waals surface area contributed by atoms with E-state index in [4.69, 9.17) is 9.47 Å². The lowest BCUT2D eigenvalue weighted by Crippen LogP contribution is -2.50. The standard InChI is InChI=1S/C26H31FN4O6/c1-26(2,14-32)30-12-18-13-31-21-20(22(33)19(25(31)35)24(34)28-8-9-36-3)29-11-16(23(21)37-18)10-15-4-6-17(27)7-5-15/h4-7,11,18,30,32-33H,8-10,12-14H2,1-3H3,(H,28,34)/t18-/m0/s1. The monoisotopic (exact) mass is 514 g/mol. The van der Waals surface area contributed by atoms with Crippen LogP contribution in [0.2, 0.25) is 0 Å². The van der Waals surface area contributed by atoms with E-state index in [2.05, 4.69) is 15.6 Å². The minimum atomic E-state index is -0.730. The molecule has 1 aliphatic heterocycles. The summed E-state index contributed by atoms with van der Waals surface area (Å²) in [6.07, 6.45) is 1.34. The average Bonchev–Trinajstić information content (AvgIpc) is 2.88. The predicted molar refractivity (Wildman–Crippen MR) is 135 cm³/mol. The Bertz CT molecular complexity index is 1360. The Balaban J connectivity index is 1.81. The molecule has 3 heterocycles. The highest BCUT2D eigenvalue weighted by atomic mass is 19.1. The van der Waals surface area contributed by atoms with E-state index in [9.17, 15) is 24.2 Å². The van der Waals surface area contributed by atoms with Crippen molar-refractivity contribution in [3.63, 3.8) is 0 Å². The highest BCUT2D eigenvalue weighted by molar-refractivity contribution is 6.02. The van der Waals surface area contributed by atoms with Crippen LogP contribution in [0.3, 0.4) is 0 Å². The molecule has 37 heavy (non-hydrogen) atoms. The molecule has 11 heteroatoms. The number of carbonyl (C=O) groups is 1. The van der Waals surface area contributed by atoms with Crippen LogP contribution in [0.5, 0.6) is 11.5 Å². The molecule has 1 aromatic carbocycles. The number of aliphatic hydroxyl groups is 1. The Morgan fingerprint density at radius 3 is 2.73 bits per heavy atom. The van der Waals surface area contributed by atoms with Crippen LogP contribution in [0.1, 0.15) is 35.3 Å². The van der Waals surface area contributed by atoms with E-state index >= 15 is 0 Å². The molecule has 0 fully saturated rings. The van der Waals surface area contributed by atoms with E-state index < -0.39 is 34.4 Å². The third kappa shape index (κ3) is 5.58. The Kier molecular flexibility index (Phi) is 7.76. The third-order valence-electron chi connectivity index (χ3n) is 6.27. The fourth-order valence-corrected chi connectivity index (χ4v) is 4.18. The number of hydrogen-bond donors (Lipinski definition) is 4. The fraction of sp³-hybridized carbons (Fsp3) is 0.423. The number of nitrogens with one attached hydrogen (secondary N) is 2. The second-order valence-corrected chi connectivity index (χ2v) is 9.66. The van der Waals surface area contributed by atoms with Gasteiger partial charge in [0.2, 0.25) is 0 Å². The summed E-state index contributed by atoms with van der Waals surface area (Å²) >= 11 is 0. The summed E-state index contributed by atoms with van der Waals surface area (Å²) in [5, 5.41) is 26.4. The molecule has 0 radical (unpaired) electrons. The lowest BCUT2D eigenvalue weighted by Gasteiger charge is -2.32. The van der Waals surface area contributed by atoms with Crippen molar-refractivity contribution in [3.05, 3.63) is 63.3 Å². The predicted octanol–water partition coefficient (Wildman–Crippen LogP) is 1.33. The molecule has 4 rings (SSSR count). The Morgan fingerprint density at radius 2 is 2.05 bits per heavy atom. The maximum atomic E-state index is 13.5. The summed E-state index contributed by atoms with van der Waals surface area (Å²) in [4.78, 5) is 30.7. The van der Waals surface area contributed by atoms with Crippen molar-refractivity contribution in [1.29, 1.82) is 0 Å². The summed E-state index contributed by atoms with van der Waals surface area (Å²) in [5.41, 5.74) is 0.130. The smallest absolute Gasteiger partial charge is 0.268 e. The van der Waals surface area contributed by atoms with Crippen molar-refractivity contribution < 1.29 is 28.9 Å². The second kappa shape index (κ2) is 10.8. The molecule has 0 spiro atoms. The van der Waals surface area contributed by atoms with Gasteiger partial charge in [-0.15, -0.1) is 0 Å². The van der Waals surface area contributed by atoms with Gasteiger partial charge in [0.1, 0.15) is 28.5 Å². The van der Waals surface area contributed by atoms with Gasteiger partial charge in [0, 0.05) is 43.9 Å². The van der Waals surface area contributed by atoms with Crippen molar-refractivity contribution in [2.24, 2.45) is 0 Å². The number of ether oxygens (including phenoxy) is 2. The minimum Gasteiger partial charge on any atom is -0.505 e. The van der Waals surface area contributed by atoms with Gasteiger partial charge >= 0.3 is 0 Å². The average molecular weight is 515 g/mol. The number of aromatic nitrogens is 2. The van der Waals surface area contributed by atoms with Gasteiger partial charge in [-0.25, -0.2) is 4.39 Å². The topological polar surface area (TPSA) is 135 Å². The van der Waals surface area contributed by atoms with E-state index in [1.165, 1.54) is 30.0 Å². The van der Waals surface area contributed by atoms with E-state index in [1.54, 1.807) is 12.1 Å². The highest BCUT2D eigenvalue weighted by Crippen LogP contribution is 2.37. The fourth-order valence-electron chi connectivity index (χ4n) is 4.18. The first-order chi connectivity index (χ1) is 17.6. The largest absolute Gasteiger partial charge is 0.505 e. The molecule has 0 unspecified atom stereocenters. The number of halogens is 1. The van der Waals surface area contributed by atoms with Crippen LogP contribution >= 0.6 is 0 Å². The van der Waals surface area contributed by atoms with Gasteiger partial charge in [0.05, 0.1) is 19.8 Å². The Labute approximate surface area is 213 Å². The number of hydrogen-bond acceptors (Lipinski definition) is 8. The molecular formula is C26H31FN4O6. The number of methoxy groups -OCH3 is 1. The molecule has 1 aliphatic rings. The summed E-state index contributed by atoms with van der Waals surface area (Å²) in [6.45, 7) is 4.36. The van der Waals surface area contributed by atoms with Crippen LogP contribution in [-0.4, -0.2) is 70.7 Å². The molecule has 0 bridgehead atoms. The zero-order valence-corrected chi connectivity index (χ0v) is 21.0. The van der Waals surface area contributed by atoms with Gasteiger partial charge in [0.25, 0.3) is 11.5 Å². The van der Waals surface area contributed by atoms with Crippen LogP contribution in [0, 0.1) is 5.82 Å². The molecule has 3 aromatic rings. The summed E-state index contributed by atoms with van der Waals surface area (Å²) in [6, 6.07) is 6.01. The number of rotatable bonds is 10. The van der Waals surface area contributed by atoms with Crippen molar-refractivity contribution in [2.45, 2.75) is 38.5 Å². The summed E-state index contributed by atoms with van der Waals surface area (Å²) < 4.78 is 26.1. The van der Waals surface area contributed by atoms with Crippen molar-refractivity contribution >= 4 is 16.9 Å². The molecular weight excluding hydrogens is 483 g/mol. The van der Waals surface area contributed by atoms with Gasteiger partial charge in [-0.05, 0) is 31.5 Å². The number of aromatic hydroxyl groups is 1. The lowest BCUT2D eigenvalue weighted by molar-refractivity contribution is 0.0930. The second-order valence-electron chi connectivity index (χ2n) is 9.66. The quantitative estimate of drug-likeness (QED) is 0.298. The SMILES string of the molecule is COCCNC(=O)c1c(O)c2ncc(Cc3ccc(F)cc3)c3c2n(c1=O)C[C@H](CNC(C)(C)CO)O3. The van der Waals surface area contributed by atoms with Crippen molar-refractivity contribution in [2.75, 3.05) is 33.4 Å². The maximum absolute atomic E-state index is 13.5. The first-order valence-electron chi connectivity index (χ1n) is 12.0. The molecule has 0 aliphatic carbocycles. The van der Waals surface area contributed by atoms with Crippen LogP contribution in [0.4, 0.5) is 4.39 Å². The number of nitrogens with zero attached hydrogens (tertiary/aromatic N) is 2. The lowest BCUT2D eigenvalue weighted by atomic mass is 10.0. The number of amides is 1. The molecule has 0 saturated heterocycles. The normalized spacial score (nSPS) is 15.0. The maximum Gasteiger partial charge on any atom is 0.268 e. The van der Waals surface area contributed by atoms with Gasteiger partial charge in [-0.2, -0.15) is 0 Å². The van der Waals surface area contributed by atoms with Crippen LogP contribution in [0.25, 0.3) is 11.0 Å². The molecule has 1 atom stereocenters. The van der Waals surface area contributed by atoms with Gasteiger partial charge < -0.3 is 30.3 Å². The molecule has 10 nitrogen and oxygen atoms in total. The Hall–Kier alpha value is -3.54. The first-order valence-corrected chi connectivity index (χ1v) is 12.0. The van der Waals surface area contributed by atoms with E-state index in [0.29, 0.717) is 24.3 Å². The van der Waals surface area contributed by atoms with Crippen LogP contribution in [0.15, 0.2) is 35.3 Å². The van der Waals surface area contributed by atoms with Crippen molar-refractivity contribution in [1.82, 2.24) is 20.2 Å². The summed E-state index contributed by atoms with van der Waals surface area (Å²) in [7, 11) is 1.49. The first kappa shape index (κ1) is 26.5. The number of aliphatic hydroxyl groups excluding tert-OH is 1. The van der Waals surface area contributed by atoms with Crippen LogP contribution in [-0.2, 0) is 17.7 Å². The van der Waals surface area contributed by atoms with Gasteiger partial charge in [0.15, 0.2) is 11.5 Å². The highest BCUT2D eigenvalue weighted by Gasteiger charge is 2.32.